The van der Waals surface area contributed by atoms with Gasteiger partial charge in [-0.25, -0.2) is 0 Å². The van der Waals surface area contributed by atoms with Crippen molar-refractivity contribution in [1.82, 2.24) is 9.88 Å². The molecule has 2 saturated carbocycles. The van der Waals surface area contributed by atoms with Crippen LogP contribution in [-0.2, 0) is 0 Å². The molecule has 1 amide bonds. The van der Waals surface area contributed by atoms with Crippen LogP contribution in [-0.4, -0.2) is 16.5 Å². The van der Waals surface area contributed by atoms with Gasteiger partial charge in [-0.05, 0) is 31.7 Å². The van der Waals surface area contributed by atoms with Crippen LogP contribution in [0.2, 0.25) is 0 Å². The maximum absolute atomic E-state index is 12.4. The average molecular weight is 261 g/mol. The van der Waals surface area contributed by atoms with Gasteiger partial charge < -0.3 is 15.6 Å². The summed E-state index contributed by atoms with van der Waals surface area (Å²) in [6, 6.07) is 2.65. The zero-order chi connectivity index (χ0) is 13.2. The molecule has 0 atom stereocenters. The van der Waals surface area contributed by atoms with Crippen molar-refractivity contribution >= 4 is 11.6 Å². The van der Waals surface area contributed by atoms with Crippen molar-refractivity contribution in [3.63, 3.8) is 0 Å². The van der Waals surface area contributed by atoms with E-state index in [1.807, 2.05) is 12.3 Å². The maximum atomic E-state index is 12.4. The predicted molar refractivity (Wildman–Crippen MR) is 76.1 cm³/mol. The lowest BCUT2D eigenvalue weighted by Crippen LogP contribution is -2.35. The lowest BCUT2D eigenvalue weighted by Gasteiger charge is -2.17. The molecule has 0 aromatic carbocycles. The van der Waals surface area contributed by atoms with Crippen LogP contribution in [0.1, 0.15) is 67.9 Å². The standard InChI is InChI=1S/C15H23N3O/c16-11-9-14(18(10-11)13-7-8-13)15(19)17-12-5-3-1-2-4-6-12/h9-10,12-13H,1-8,16H2,(H,17,19). The molecular formula is C15H23N3O. The fraction of sp³-hybridized carbons (Fsp3) is 0.667. The van der Waals surface area contributed by atoms with Crippen molar-refractivity contribution in [1.29, 1.82) is 0 Å². The van der Waals surface area contributed by atoms with Crippen molar-refractivity contribution in [2.24, 2.45) is 0 Å². The molecule has 2 fully saturated rings. The molecular weight excluding hydrogens is 238 g/mol. The highest BCUT2D eigenvalue weighted by molar-refractivity contribution is 5.94. The van der Waals surface area contributed by atoms with Crippen LogP contribution in [0.3, 0.4) is 0 Å². The number of nitrogens with one attached hydrogen (secondary N) is 1. The zero-order valence-electron chi connectivity index (χ0n) is 11.4. The molecule has 0 saturated heterocycles. The molecule has 4 nitrogen and oxygen atoms in total. The van der Waals surface area contributed by atoms with Gasteiger partial charge in [0.15, 0.2) is 0 Å². The lowest BCUT2D eigenvalue weighted by atomic mass is 10.1. The van der Waals surface area contributed by atoms with Crippen LogP contribution in [0.15, 0.2) is 12.3 Å². The van der Waals surface area contributed by atoms with E-state index >= 15 is 0 Å². The van der Waals surface area contributed by atoms with Gasteiger partial charge in [0.1, 0.15) is 5.69 Å². The van der Waals surface area contributed by atoms with Gasteiger partial charge in [0.05, 0.1) is 5.69 Å². The number of carbonyl (C=O) groups is 1. The first-order valence-corrected chi connectivity index (χ1v) is 7.52. The lowest BCUT2D eigenvalue weighted by molar-refractivity contribution is 0.0923. The Morgan fingerprint density at radius 1 is 1.16 bits per heavy atom. The molecule has 1 heterocycles. The van der Waals surface area contributed by atoms with Gasteiger partial charge in [0.25, 0.3) is 5.91 Å². The second kappa shape index (κ2) is 5.27. The molecule has 1 aromatic rings. The zero-order valence-corrected chi connectivity index (χ0v) is 11.4. The van der Waals surface area contributed by atoms with E-state index in [1.54, 1.807) is 0 Å². The first-order valence-electron chi connectivity index (χ1n) is 7.52. The smallest absolute Gasteiger partial charge is 0.268 e. The third-order valence-electron chi connectivity index (χ3n) is 4.23. The SMILES string of the molecule is Nc1cc(C(=O)NC2CCCCCC2)n(C2CC2)c1. The second-order valence-corrected chi connectivity index (χ2v) is 5.96. The number of amides is 1. The van der Waals surface area contributed by atoms with E-state index in [1.165, 1.54) is 25.7 Å². The van der Waals surface area contributed by atoms with Gasteiger partial charge in [-0.2, -0.15) is 0 Å². The summed E-state index contributed by atoms with van der Waals surface area (Å²) in [5.74, 6) is 0.0514. The Morgan fingerprint density at radius 3 is 2.47 bits per heavy atom. The third kappa shape index (κ3) is 2.94. The van der Waals surface area contributed by atoms with Gasteiger partial charge in [0.2, 0.25) is 0 Å². The minimum absolute atomic E-state index is 0.0514. The van der Waals surface area contributed by atoms with E-state index in [-0.39, 0.29) is 5.91 Å². The van der Waals surface area contributed by atoms with Crippen LogP contribution in [0.5, 0.6) is 0 Å². The van der Waals surface area contributed by atoms with Gasteiger partial charge in [-0.3, -0.25) is 4.79 Å². The van der Waals surface area contributed by atoms with Gasteiger partial charge in [0, 0.05) is 18.3 Å². The first-order chi connectivity index (χ1) is 9.24. The van der Waals surface area contributed by atoms with Gasteiger partial charge in [-0.1, -0.05) is 25.7 Å². The summed E-state index contributed by atoms with van der Waals surface area (Å²) < 4.78 is 2.06. The van der Waals surface area contributed by atoms with E-state index in [4.69, 9.17) is 5.73 Å². The van der Waals surface area contributed by atoms with Crippen LogP contribution >= 0.6 is 0 Å². The van der Waals surface area contributed by atoms with Crippen LogP contribution in [0.25, 0.3) is 0 Å². The number of nitrogen functional groups attached to an aromatic ring is 1. The number of hydrogen-bond acceptors (Lipinski definition) is 2. The fourth-order valence-electron chi connectivity index (χ4n) is 3.02. The number of rotatable bonds is 3. The van der Waals surface area contributed by atoms with Crippen LogP contribution in [0, 0.1) is 0 Å². The Kier molecular flexibility index (Phi) is 3.49. The summed E-state index contributed by atoms with van der Waals surface area (Å²) in [5.41, 5.74) is 7.27. The summed E-state index contributed by atoms with van der Waals surface area (Å²) in [7, 11) is 0. The number of carbonyl (C=O) groups excluding carboxylic acids is 1. The number of nitrogens with zero attached hydrogens (tertiary/aromatic N) is 1. The summed E-state index contributed by atoms with van der Waals surface area (Å²) in [6.45, 7) is 0. The molecule has 104 valence electrons. The van der Waals surface area contributed by atoms with E-state index < -0.39 is 0 Å². The maximum Gasteiger partial charge on any atom is 0.268 e. The van der Waals surface area contributed by atoms with E-state index in [0.717, 1.165) is 31.4 Å². The molecule has 0 unspecified atom stereocenters. The summed E-state index contributed by atoms with van der Waals surface area (Å²) in [4.78, 5) is 12.4. The average Bonchev–Trinajstić information content (AvgIpc) is 3.17. The summed E-state index contributed by atoms with van der Waals surface area (Å²) in [5, 5.41) is 3.20. The van der Waals surface area contributed by atoms with Crippen LogP contribution in [0.4, 0.5) is 5.69 Å². The minimum atomic E-state index is 0.0514. The van der Waals surface area contributed by atoms with Gasteiger partial charge >= 0.3 is 0 Å². The quantitative estimate of drug-likeness (QED) is 0.822. The number of anilines is 1. The van der Waals surface area contributed by atoms with Crippen molar-refractivity contribution in [3.05, 3.63) is 18.0 Å². The molecule has 0 aliphatic heterocycles. The molecule has 0 spiro atoms. The number of hydrogen-bond donors (Lipinski definition) is 2. The largest absolute Gasteiger partial charge is 0.397 e. The Bertz CT molecular complexity index is 454. The third-order valence-corrected chi connectivity index (χ3v) is 4.23. The van der Waals surface area contributed by atoms with Crippen molar-refractivity contribution in [2.45, 2.75) is 63.5 Å². The topological polar surface area (TPSA) is 60.1 Å². The molecule has 4 heteroatoms. The van der Waals surface area contributed by atoms with Crippen molar-refractivity contribution < 1.29 is 4.79 Å². The summed E-state index contributed by atoms with van der Waals surface area (Å²) >= 11 is 0. The number of aromatic nitrogens is 1. The van der Waals surface area contributed by atoms with Gasteiger partial charge in [-0.15, -0.1) is 0 Å². The summed E-state index contributed by atoms with van der Waals surface area (Å²) in [6.07, 6.45) is 11.5. The fourth-order valence-corrected chi connectivity index (χ4v) is 3.02. The Balaban J connectivity index is 1.69. The van der Waals surface area contributed by atoms with E-state index in [0.29, 0.717) is 17.8 Å². The second-order valence-electron chi connectivity index (χ2n) is 5.96. The molecule has 19 heavy (non-hydrogen) atoms. The molecule has 3 N–H and O–H groups in total. The van der Waals surface area contributed by atoms with E-state index in [2.05, 4.69) is 9.88 Å². The molecule has 0 bridgehead atoms. The van der Waals surface area contributed by atoms with Crippen LogP contribution < -0.4 is 11.1 Å². The normalized spacial score (nSPS) is 21.1. The molecule has 1 aromatic heterocycles. The minimum Gasteiger partial charge on any atom is -0.397 e. The molecule has 2 aliphatic carbocycles. The predicted octanol–water partition coefficient (Wildman–Crippen LogP) is 2.86. The van der Waals surface area contributed by atoms with Crippen molar-refractivity contribution in [2.75, 3.05) is 5.73 Å². The molecule has 0 radical (unpaired) electrons. The molecule has 3 rings (SSSR count). The molecule has 2 aliphatic rings. The van der Waals surface area contributed by atoms with Crippen molar-refractivity contribution in [3.8, 4) is 0 Å². The Morgan fingerprint density at radius 2 is 1.84 bits per heavy atom. The monoisotopic (exact) mass is 261 g/mol. The Labute approximate surface area is 114 Å². The Hall–Kier alpha value is -1.45. The number of nitrogens with two attached hydrogens (primary N) is 1. The highest BCUT2D eigenvalue weighted by Gasteiger charge is 2.28. The highest BCUT2D eigenvalue weighted by Crippen LogP contribution is 2.37. The first kappa shape index (κ1) is 12.6. The van der Waals surface area contributed by atoms with E-state index in [9.17, 15) is 4.79 Å². The highest BCUT2D eigenvalue weighted by atomic mass is 16.2.